The Kier molecular flexibility index (Phi) is 4.59. The number of hydrogen-bond acceptors (Lipinski definition) is 5. The van der Waals surface area contributed by atoms with Gasteiger partial charge in [0.25, 0.3) is 0 Å². The molecule has 1 aromatic rings. The molecule has 9 heteroatoms. The average Bonchev–Trinajstić information content (AvgIpc) is 2.81. The lowest BCUT2D eigenvalue weighted by atomic mass is 10.1. The van der Waals surface area contributed by atoms with Gasteiger partial charge in [-0.3, -0.25) is 4.79 Å². The minimum absolute atomic E-state index is 0.0123. The van der Waals surface area contributed by atoms with Gasteiger partial charge in [-0.05, 0) is 38.1 Å². The van der Waals surface area contributed by atoms with E-state index in [0.717, 1.165) is 0 Å². The fraction of sp³-hybridized carbons (Fsp3) is 0.462. The van der Waals surface area contributed by atoms with E-state index in [0.29, 0.717) is 17.7 Å². The molecular weight excluding hydrogens is 328 g/mol. The summed E-state index contributed by atoms with van der Waals surface area (Å²) in [5.74, 6) is -1.14. The minimum atomic E-state index is -3.62. The van der Waals surface area contributed by atoms with Crippen LogP contribution in [0.1, 0.15) is 12.0 Å². The molecule has 122 valence electrons. The highest BCUT2D eigenvalue weighted by Gasteiger charge is 2.33. The molecule has 0 saturated carbocycles. The van der Waals surface area contributed by atoms with Crippen molar-refractivity contribution < 1.29 is 21.6 Å². The van der Waals surface area contributed by atoms with Crippen LogP contribution in [0.3, 0.4) is 0 Å². The fourth-order valence-electron chi connectivity index (χ4n) is 2.32. The van der Waals surface area contributed by atoms with Crippen LogP contribution in [-0.2, 0) is 24.7 Å². The number of anilines is 1. The van der Waals surface area contributed by atoms with Crippen molar-refractivity contribution >= 4 is 31.5 Å². The van der Waals surface area contributed by atoms with Gasteiger partial charge in [-0.15, -0.1) is 0 Å². The standard InChI is InChI=1S/C13H18N2O5S2/c1-9-3-4-11(7-12(9)22(19,20)14-2)15-13(16)10-5-6-21(17,18)8-10/h3-4,7,10,14H,5-6,8H2,1-2H3,(H,15,16)/t10-/m1/s1. The third-order valence-corrected chi connectivity index (χ3v) is 6.94. The Balaban J connectivity index is 2.21. The zero-order valence-electron chi connectivity index (χ0n) is 12.3. The van der Waals surface area contributed by atoms with Crippen LogP contribution in [0.25, 0.3) is 0 Å². The Morgan fingerprint density at radius 1 is 1.32 bits per heavy atom. The van der Waals surface area contributed by atoms with Crippen LogP contribution in [0.2, 0.25) is 0 Å². The van der Waals surface area contributed by atoms with Gasteiger partial charge in [0.1, 0.15) is 0 Å². The average molecular weight is 346 g/mol. The molecule has 1 fully saturated rings. The van der Waals surface area contributed by atoms with E-state index in [1.807, 2.05) is 0 Å². The highest BCUT2D eigenvalue weighted by molar-refractivity contribution is 7.91. The maximum atomic E-state index is 12.1. The van der Waals surface area contributed by atoms with Gasteiger partial charge >= 0.3 is 0 Å². The number of rotatable bonds is 4. The maximum Gasteiger partial charge on any atom is 0.240 e. The summed E-state index contributed by atoms with van der Waals surface area (Å²) in [4.78, 5) is 12.2. The quantitative estimate of drug-likeness (QED) is 0.814. The van der Waals surface area contributed by atoms with Crippen LogP contribution in [0, 0.1) is 12.8 Å². The number of carbonyl (C=O) groups excluding carboxylic acids is 1. The molecule has 2 N–H and O–H groups in total. The van der Waals surface area contributed by atoms with Crippen LogP contribution < -0.4 is 10.0 Å². The molecule has 0 radical (unpaired) electrons. The molecule has 0 spiro atoms. The normalized spacial score (nSPS) is 20.7. The highest BCUT2D eigenvalue weighted by atomic mass is 32.2. The first-order valence-electron chi connectivity index (χ1n) is 6.70. The predicted molar refractivity (Wildman–Crippen MR) is 82.8 cm³/mol. The number of sulfone groups is 1. The summed E-state index contributed by atoms with van der Waals surface area (Å²) in [6.07, 6.45) is 0.293. The molecule has 7 nitrogen and oxygen atoms in total. The van der Waals surface area contributed by atoms with E-state index in [4.69, 9.17) is 0 Å². The van der Waals surface area contributed by atoms with Crippen LogP contribution in [-0.4, -0.2) is 41.3 Å². The Bertz CT molecular complexity index is 800. The first kappa shape index (κ1) is 16.9. The molecule has 0 unspecified atom stereocenters. The molecule has 1 amide bonds. The van der Waals surface area contributed by atoms with Crippen molar-refractivity contribution in [1.82, 2.24) is 4.72 Å². The van der Waals surface area contributed by atoms with Gasteiger partial charge < -0.3 is 5.32 Å². The van der Waals surface area contributed by atoms with Gasteiger partial charge in [0, 0.05) is 5.69 Å². The lowest BCUT2D eigenvalue weighted by Gasteiger charge is -2.12. The van der Waals surface area contributed by atoms with Crippen LogP contribution in [0.4, 0.5) is 5.69 Å². The number of amides is 1. The molecule has 0 aliphatic carbocycles. The molecule has 0 bridgehead atoms. The van der Waals surface area contributed by atoms with Gasteiger partial charge in [0.2, 0.25) is 15.9 Å². The summed E-state index contributed by atoms with van der Waals surface area (Å²) in [6.45, 7) is 1.65. The van der Waals surface area contributed by atoms with Crippen molar-refractivity contribution in [3.63, 3.8) is 0 Å². The summed E-state index contributed by atoms with van der Waals surface area (Å²) < 4.78 is 48.8. The molecule has 22 heavy (non-hydrogen) atoms. The molecule has 2 rings (SSSR count). The van der Waals surface area contributed by atoms with E-state index in [9.17, 15) is 21.6 Å². The predicted octanol–water partition coefficient (Wildman–Crippen LogP) is 0.276. The van der Waals surface area contributed by atoms with Gasteiger partial charge in [0.05, 0.1) is 22.3 Å². The minimum Gasteiger partial charge on any atom is -0.326 e. The molecule has 1 aliphatic heterocycles. The Labute approximate surface area is 130 Å². The van der Waals surface area contributed by atoms with Crippen molar-refractivity contribution in [2.24, 2.45) is 5.92 Å². The lowest BCUT2D eigenvalue weighted by Crippen LogP contribution is -2.24. The summed E-state index contributed by atoms with van der Waals surface area (Å²) >= 11 is 0. The number of hydrogen-bond donors (Lipinski definition) is 2. The number of carbonyl (C=O) groups is 1. The van der Waals surface area contributed by atoms with E-state index < -0.39 is 31.7 Å². The second-order valence-electron chi connectivity index (χ2n) is 5.28. The van der Waals surface area contributed by atoms with Gasteiger partial charge in [-0.1, -0.05) is 6.07 Å². The first-order chi connectivity index (χ1) is 10.1. The zero-order valence-corrected chi connectivity index (χ0v) is 13.9. The summed E-state index contributed by atoms with van der Waals surface area (Å²) in [5.41, 5.74) is 0.879. The van der Waals surface area contributed by atoms with E-state index in [2.05, 4.69) is 10.0 Å². The first-order valence-corrected chi connectivity index (χ1v) is 10.0. The molecule has 1 aliphatic rings. The topological polar surface area (TPSA) is 109 Å². The van der Waals surface area contributed by atoms with Gasteiger partial charge in [-0.2, -0.15) is 0 Å². The summed E-state index contributed by atoms with van der Waals surface area (Å²) in [7, 11) is -5.45. The van der Waals surface area contributed by atoms with Crippen LogP contribution in [0.5, 0.6) is 0 Å². The second kappa shape index (κ2) is 5.98. The second-order valence-corrected chi connectivity index (χ2v) is 9.36. The molecule has 1 atom stereocenters. The van der Waals surface area contributed by atoms with Crippen LogP contribution in [0.15, 0.2) is 23.1 Å². The molecule has 1 saturated heterocycles. The van der Waals surface area contributed by atoms with Crippen LogP contribution >= 0.6 is 0 Å². The van der Waals surface area contributed by atoms with Gasteiger partial charge in [0.15, 0.2) is 9.84 Å². The highest BCUT2D eigenvalue weighted by Crippen LogP contribution is 2.23. The van der Waals surface area contributed by atoms with Crippen molar-refractivity contribution in [2.75, 3.05) is 23.9 Å². The number of aryl methyl sites for hydroxylation is 1. The third kappa shape index (κ3) is 3.65. The summed E-state index contributed by atoms with van der Waals surface area (Å²) in [6, 6.07) is 4.54. The van der Waals surface area contributed by atoms with E-state index in [-0.39, 0.29) is 16.4 Å². The number of benzene rings is 1. The maximum absolute atomic E-state index is 12.1. The smallest absolute Gasteiger partial charge is 0.240 e. The lowest BCUT2D eigenvalue weighted by molar-refractivity contribution is -0.119. The fourth-order valence-corrected chi connectivity index (χ4v) is 5.06. The SMILES string of the molecule is CNS(=O)(=O)c1cc(NC(=O)[C@@H]2CCS(=O)(=O)C2)ccc1C. The third-order valence-electron chi connectivity index (χ3n) is 3.62. The molecule has 1 aromatic carbocycles. The van der Waals surface area contributed by atoms with Crippen molar-refractivity contribution in [3.05, 3.63) is 23.8 Å². The molecule has 1 heterocycles. The number of nitrogens with one attached hydrogen (secondary N) is 2. The Morgan fingerprint density at radius 2 is 2.00 bits per heavy atom. The number of sulfonamides is 1. The van der Waals surface area contributed by atoms with Crippen molar-refractivity contribution in [3.8, 4) is 0 Å². The van der Waals surface area contributed by atoms with Crippen molar-refractivity contribution in [1.29, 1.82) is 0 Å². The van der Waals surface area contributed by atoms with E-state index in [1.54, 1.807) is 19.1 Å². The summed E-state index contributed by atoms with van der Waals surface area (Å²) in [5, 5.41) is 2.59. The Morgan fingerprint density at radius 3 is 2.55 bits per heavy atom. The van der Waals surface area contributed by atoms with Crippen molar-refractivity contribution in [2.45, 2.75) is 18.2 Å². The van der Waals surface area contributed by atoms with Gasteiger partial charge in [-0.25, -0.2) is 21.6 Å². The zero-order chi connectivity index (χ0) is 16.5. The largest absolute Gasteiger partial charge is 0.326 e. The molecule has 0 aromatic heterocycles. The van der Waals surface area contributed by atoms with E-state index in [1.165, 1.54) is 13.1 Å². The molecular formula is C13H18N2O5S2. The monoisotopic (exact) mass is 346 g/mol. The Hall–Kier alpha value is -1.45. The van der Waals surface area contributed by atoms with E-state index >= 15 is 0 Å².